The van der Waals surface area contributed by atoms with Crippen molar-refractivity contribution in [1.82, 2.24) is 4.98 Å². The minimum absolute atomic E-state index is 0.528. The molecule has 0 bridgehead atoms. The minimum Gasteiger partial charge on any atom is -0.359 e. The van der Waals surface area contributed by atoms with Crippen LogP contribution in [0.15, 0.2) is 5.38 Å². The van der Waals surface area contributed by atoms with Gasteiger partial charge in [0.1, 0.15) is 0 Å². The van der Waals surface area contributed by atoms with E-state index < -0.39 is 0 Å². The molecular formula is C11H20N2S2. The Balaban J connectivity index is 2.27. The van der Waals surface area contributed by atoms with Crippen molar-refractivity contribution in [2.24, 2.45) is 0 Å². The van der Waals surface area contributed by atoms with E-state index in [-0.39, 0.29) is 0 Å². The molecule has 1 rings (SSSR count). The second-order valence-electron chi connectivity index (χ2n) is 3.53. The number of nitrogens with one attached hydrogen (secondary N) is 1. The van der Waals surface area contributed by atoms with Gasteiger partial charge in [-0.25, -0.2) is 4.98 Å². The normalized spacial score (nSPS) is 12.7. The lowest BCUT2D eigenvalue weighted by Gasteiger charge is -2.11. The number of anilines is 1. The van der Waals surface area contributed by atoms with Crippen molar-refractivity contribution in [3.8, 4) is 0 Å². The fourth-order valence-corrected chi connectivity index (χ4v) is 2.94. The highest BCUT2D eigenvalue weighted by Gasteiger charge is 2.04. The van der Waals surface area contributed by atoms with Gasteiger partial charge < -0.3 is 5.32 Å². The summed E-state index contributed by atoms with van der Waals surface area (Å²) < 4.78 is 0. The summed E-state index contributed by atoms with van der Waals surface area (Å²) in [5.41, 5.74) is 1.19. The van der Waals surface area contributed by atoms with Gasteiger partial charge in [0.25, 0.3) is 0 Å². The van der Waals surface area contributed by atoms with Crippen molar-refractivity contribution in [2.75, 3.05) is 16.8 Å². The van der Waals surface area contributed by atoms with Crippen LogP contribution in [0, 0.1) is 0 Å². The largest absolute Gasteiger partial charge is 0.359 e. The number of thioether (sulfide) groups is 1. The molecule has 15 heavy (non-hydrogen) atoms. The van der Waals surface area contributed by atoms with Crippen LogP contribution < -0.4 is 5.32 Å². The first-order valence-corrected chi connectivity index (χ1v) is 7.58. The van der Waals surface area contributed by atoms with Crippen LogP contribution in [0.5, 0.6) is 0 Å². The number of aromatic nitrogens is 1. The van der Waals surface area contributed by atoms with Crippen molar-refractivity contribution in [1.29, 1.82) is 0 Å². The highest BCUT2D eigenvalue weighted by molar-refractivity contribution is 7.99. The molecule has 1 aromatic rings. The van der Waals surface area contributed by atoms with Crippen LogP contribution in [-0.2, 0) is 6.42 Å². The quantitative estimate of drug-likeness (QED) is 0.741. The molecule has 1 N–H and O–H groups in total. The number of hydrogen-bond donors (Lipinski definition) is 1. The minimum atomic E-state index is 0.528. The molecule has 1 heterocycles. The van der Waals surface area contributed by atoms with Gasteiger partial charge in [-0.05, 0) is 31.3 Å². The molecule has 1 aromatic heterocycles. The predicted molar refractivity (Wildman–Crippen MR) is 72.2 cm³/mol. The van der Waals surface area contributed by atoms with Crippen molar-refractivity contribution >= 4 is 28.2 Å². The first-order valence-electron chi connectivity index (χ1n) is 5.55. The van der Waals surface area contributed by atoms with Crippen LogP contribution in [0.3, 0.4) is 0 Å². The Morgan fingerprint density at radius 2 is 2.33 bits per heavy atom. The number of thiazole rings is 1. The topological polar surface area (TPSA) is 24.9 Å². The zero-order valence-corrected chi connectivity index (χ0v) is 11.4. The Kier molecular flexibility index (Phi) is 6.10. The summed E-state index contributed by atoms with van der Waals surface area (Å²) in [6.45, 7) is 6.57. The number of rotatable bonds is 7. The molecule has 0 saturated carbocycles. The van der Waals surface area contributed by atoms with E-state index in [9.17, 15) is 0 Å². The molecule has 2 nitrogen and oxygen atoms in total. The maximum atomic E-state index is 4.50. The molecule has 0 aromatic carbocycles. The maximum Gasteiger partial charge on any atom is 0.183 e. The second-order valence-corrected chi connectivity index (χ2v) is 5.78. The lowest BCUT2D eigenvalue weighted by atomic mass is 10.3. The molecule has 1 unspecified atom stereocenters. The van der Waals surface area contributed by atoms with E-state index in [1.54, 1.807) is 11.3 Å². The zero-order valence-electron chi connectivity index (χ0n) is 9.75. The Hall–Kier alpha value is -0.220. The highest BCUT2D eigenvalue weighted by atomic mass is 32.2. The van der Waals surface area contributed by atoms with Crippen molar-refractivity contribution in [3.05, 3.63) is 11.1 Å². The molecule has 0 radical (unpaired) electrons. The standard InChI is InChI=1S/C11H20N2S2/c1-4-10-8-15-11(13-10)12-9(3)6-7-14-5-2/h8-9H,4-7H2,1-3H3,(H,12,13). The molecule has 0 saturated heterocycles. The number of aryl methyl sites for hydroxylation is 1. The first kappa shape index (κ1) is 12.8. The SMILES string of the molecule is CCSCCC(C)Nc1nc(CC)cs1. The molecule has 0 fully saturated rings. The van der Waals surface area contributed by atoms with E-state index >= 15 is 0 Å². The van der Waals surface area contributed by atoms with Crippen LogP contribution in [-0.4, -0.2) is 22.5 Å². The van der Waals surface area contributed by atoms with Gasteiger partial charge in [0.15, 0.2) is 5.13 Å². The number of hydrogen-bond acceptors (Lipinski definition) is 4. The molecular weight excluding hydrogens is 224 g/mol. The summed E-state index contributed by atoms with van der Waals surface area (Å²) in [4.78, 5) is 4.50. The van der Waals surface area contributed by atoms with E-state index in [0.717, 1.165) is 11.6 Å². The summed E-state index contributed by atoms with van der Waals surface area (Å²) in [6, 6.07) is 0.528. The Bertz CT molecular complexity index is 273. The third-order valence-electron chi connectivity index (χ3n) is 2.18. The smallest absolute Gasteiger partial charge is 0.183 e. The lowest BCUT2D eigenvalue weighted by molar-refractivity contribution is 0.769. The van der Waals surface area contributed by atoms with Gasteiger partial charge in [0.05, 0.1) is 5.69 Å². The van der Waals surface area contributed by atoms with Crippen LogP contribution >= 0.6 is 23.1 Å². The van der Waals surface area contributed by atoms with E-state index in [1.165, 1.54) is 23.6 Å². The van der Waals surface area contributed by atoms with Crippen molar-refractivity contribution in [2.45, 2.75) is 39.7 Å². The Labute approximate surface area is 101 Å². The van der Waals surface area contributed by atoms with Gasteiger partial charge in [-0.3, -0.25) is 0 Å². The van der Waals surface area contributed by atoms with Crippen LogP contribution in [0.25, 0.3) is 0 Å². The molecule has 0 spiro atoms. The number of nitrogens with zero attached hydrogens (tertiary/aromatic N) is 1. The average Bonchev–Trinajstić information content (AvgIpc) is 2.66. The van der Waals surface area contributed by atoms with Gasteiger partial charge in [0, 0.05) is 11.4 Å². The van der Waals surface area contributed by atoms with Crippen LogP contribution in [0.4, 0.5) is 5.13 Å². The molecule has 4 heteroatoms. The van der Waals surface area contributed by atoms with E-state index in [2.05, 4.69) is 36.5 Å². The molecule has 0 amide bonds. The van der Waals surface area contributed by atoms with Gasteiger partial charge in [-0.1, -0.05) is 13.8 Å². The second kappa shape index (κ2) is 7.12. The zero-order chi connectivity index (χ0) is 11.1. The first-order chi connectivity index (χ1) is 7.26. The predicted octanol–water partition coefficient (Wildman–Crippen LogP) is 3.65. The third-order valence-corrected chi connectivity index (χ3v) is 3.94. The van der Waals surface area contributed by atoms with Crippen molar-refractivity contribution < 1.29 is 0 Å². The summed E-state index contributed by atoms with van der Waals surface area (Å²) in [5.74, 6) is 2.45. The molecule has 0 aliphatic rings. The lowest BCUT2D eigenvalue weighted by Crippen LogP contribution is -2.15. The summed E-state index contributed by atoms with van der Waals surface area (Å²) in [7, 11) is 0. The Morgan fingerprint density at radius 3 is 2.93 bits per heavy atom. The van der Waals surface area contributed by atoms with Gasteiger partial charge >= 0.3 is 0 Å². The fraction of sp³-hybridized carbons (Fsp3) is 0.727. The van der Waals surface area contributed by atoms with E-state index in [4.69, 9.17) is 0 Å². The summed E-state index contributed by atoms with van der Waals surface area (Å²) in [6.07, 6.45) is 2.23. The highest BCUT2D eigenvalue weighted by Crippen LogP contribution is 2.17. The van der Waals surface area contributed by atoms with Gasteiger partial charge in [-0.2, -0.15) is 11.8 Å². The van der Waals surface area contributed by atoms with E-state index in [1.807, 2.05) is 11.8 Å². The maximum absolute atomic E-state index is 4.50. The monoisotopic (exact) mass is 244 g/mol. The van der Waals surface area contributed by atoms with Crippen molar-refractivity contribution in [3.63, 3.8) is 0 Å². The average molecular weight is 244 g/mol. The molecule has 0 aliphatic heterocycles. The molecule has 0 aliphatic carbocycles. The van der Waals surface area contributed by atoms with Gasteiger partial charge in [-0.15, -0.1) is 11.3 Å². The molecule has 1 atom stereocenters. The van der Waals surface area contributed by atoms with Crippen LogP contribution in [0.2, 0.25) is 0 Å². The fourth-order valence-electron chi connectivity index (χ4n) is 1.22. The van der Waals surface area contributed by atoms with Crippen LogP contribution in [0.1, 0.15) is 32.9 Å². The Morgan fingerprint density at radius 1 is 1.53 bits per heavy atom. The van der Waals surface area contributed by atoms with Gasteiger partial charge in [0.2, 0.25) is 0 Å². The summed E-state index contributed by atoms with van der Waals surface area (Å²) >= 11 is 3.71. The third kappa shape index (κ3) is 4.89. The summed E-state index contributed by atoms with van der Waals surface area (Å²) in [5, 5.41) is 6.65. The molecule has 86 valence electrons. The van der Waals surface area contributed by atoms with E-state index in [0.29, 0.717) is 6.04 Å².